The van der Waals surface area contributed by atoms with Gasteiger partial charge in [-0.05, 0) is 49.6 Å². The number of amides is 2. The number of aromatic amines is 1. The fourth-order valence-corrected chi connectivity index (χ4v) is 5.33. The number of rotatable bonds is 6. The van der Waals surface area contributed by atoms with Crippen LogP contribution in [0.4, 0.5) is 0 Å². The summed E-state index contributed by atoms with van der Waals surface area (Å²) in [6.07, 6.45) is 1.33. The van der Waals surface area contributed by atoms with Gasteiger partial charge in [0.05, 0.1) is 25.8 Å². The number of carbonyl (C=O) groups is 2. The first-order valence-electron chi connectivity index (χ1n) is 12.0. The maximum atomic E-state index is 13.5. The van der Waals surface area contributed by atoms with Gasteiger partial charge in [-0.3, -0.25) is 9.59 Å². The van der Waals surface area contributed by atoms with E-state index in [2.05, 4.69) is 11.1 Å². The van der Waals surface area contributed by atoms with E-state index in [1.165, 1.54) is 0 Å². The van der Waals surface area contributed by atoms with Crippen LogP contribution in [0.25, 0.3) is 10.9 Å². The van der Waals surface area contributed by atoms with E-state index < -0.39 is 12.1 Å². The largest absolute Gasteiger partial charge is 0.493 e. The van der Waals surface area contributed by atoms with Crippen molar-refractivity contribution in [1.29, 1.82) is 0 Å². The summed E-state index contributed by atoms with van der Waals surface area (Å²) in [5.74, 6) is 1.25. The van der Waals surface area contributed by atoms with E-state index in [1.807, 2.05) is 57.2 Å². The van der Waals surface area contributed by atoms with Gasteiger partial charge >= 0.3 is 0 Å². The van der Waals surface area contributed by atoms with Crippen LogP contribution < -0.4 is 9.47 Å². The first-order valence-corrected chi connectivity index (χ1v) is 12.0. The van der Waals surface area contributed by atoms with Crippen molar-refractivity contribution in [3.05, 3.63) is 59.3 Å². The van der Waals surface area contributed by atoms with Crippen molar-refractivity contribution in [2.24, 2.45) is 0 Å². The average molecular weight is 462 g/mol. The molecule has 2 aromatic carbocycles. The smallest absolute Gasteiger partial charge is 0.246 e. The number of fused-ring (bicyclic) bond motifs is 4. The molecule has 178 valence electrons. The maximum absolute atomic E-state index is 13.5. The molecule has 1 fully saturated rings. The van der Waals surface area contributed by atoms with Gasteiger partial charge in [-0.2, -0.15) is 0 Å². The summed E-state index contributed by atoms with van der Waals surface area (Å²) in [7, 11) is 1.61. The molecule has 3 aromatic rings. The highest BCUT2D eigenvalue weighted by Crippen LogP contribution is 2.44. The van der Waals surface area contributed by atoms with Crippen LogP contribution in [-0.4, -0.2) is 58.9 Å². The molecule has 5 rings (SSSR count). The highest BCUT2D eigenvalue weighted by atomic mass is 16.5. The van der Waals surface area contributed by atoms with Crippen molar-refractivity contribution in [3.8, 4) is 11.5 Å². The molecule has 2 atom stereocenters. The molecular weight excluding hydrogens is 430 g/mol. The molecule has 0 saturated carbocycles. The van der Waals surface area contributed by atoms with E-state index in [1.54, 1.807) is 16.9 Å². The Morgan fingerprint density at radius 1 is 1.12 bits per heavy atom. The number of nitrogens with one attached hydrogen (secondary N) is 1. The lowest BCUT2D eigenvalue weighted by molar-refractivity contribution is -0.158. The summed E-state index contributed by atoms with van der Waals surface area (Å²) in [6.45, 7) is 6.67. The molecule has 7 heteroatoms. The first-order chi connectivity index (χ1) is 16.4. The second kappa shape index (κ2) is 8.70. The molecule has 0 unspecified atom stereocenters. The fraction of sp³-hybridized carbons (Fsp3) is 0.407. The molecule has 2 amide bonds. The molecule has 34 heavy (non-hydrogen) atoms. The Labute approximate surface area is 199 Å². The third kappa shape index (κ3) is 3.59. The Morgan fingerprint density at radius 2 is 1.91 bits per heavy atom. The molecule has 2 aliphatic heterocycles. The summed E-state index contributed by atoms with van der Waals surface area (Å²) < 4.78 is 11.6. The monoisotopic (exact) mass is 461 g/mol. The van der Waals surface area contributed by atoms with Crippen LogP contribution >= 0.6 is 0 Å². The fourth-order valence-electron chi connectivity index (χ4n) is 5.33. The number of ether oxygens (including phenoxy) is 2. The molecule has 3 heterocycles. The summed E-state index contributed by atoms with van der Waals surface area (Å²) in [4.78, 5) is 34.1. The topological polar surface area (TPSA) is 74.9 Å². The minimum Gasteiger partial charge on any atom is -0.493 e. The van der Waals surface area contributed by atoms with Gasteiger partial charge in [0.2, 0.25) is 11.8 Å². The second-order valence-electron chi connectivity index (χ2n) is 9.32. The molecule has 2 aliphatic rings. The Bertz CT molecular complexity index is 1250. The molecule has 0 bridgehead atoms. The normalized spacial score (nSPS) is 20.0. The number of benzene rings is 2. The number of hydrogen-bond donors (Lipinski definition) is 1. The molecule has 1 aromatic heterocycles. The van der Waals surface area contributed by atoms with Crippen molar-refractivity contribution in [3.63, 3.8) is 0 Å². The molecule has 1 N–H and O–H groups in total. The van der Waals surface area contributed by atoms with E-state index >= 15 is 0 Å². The van der Waals surface area contributed by atoms with Gasteiger partial charge in [0.1, 0.15) is 6.04 Å². The van der Waals surface area contributed by atoms with E-state index in [9.17, 15) is 9.59 Å². The number of methoxy groups -OCH3 is 1. The van der Waals surface area contributed by atoms with Gasteiger partial charge in [-0.1, -0.05) is 31.2 Å². The number of hydrogen-bond acceptors (Lipinski definition) is 4. The summed E-state index contributed by atoms with van der Waals surface area (Å²) >= 11 is 0. The zero-order chi connectivity index (χ0) is 24.0. The minimum absolute atomic E-state index is 0.00459. The SMILES string of the molecule is CCCN1CC(=O)N2[C@@H](c3ccc(OC(C)C)c(OC)c3)c3[nH]c4ccccc4c3C[C@H]2C1=O. The Morgan fingerprint density at radius 3 is 2.65 bits per heavy atom. The molecule has 1 saturated heterocycles. The van der Waals surface area contributed by atoms with Gasteiger partial charge in [0.15, 0.2) is 11.5 Å². The highest BCUT2D eigenvalue weighted by molar-refractivity contribution is 5.97. The van der Waals surface area contributed by atoms with Crippen LogP contribution in [0.3, 0.4) is 0 Å². The van der Waals surface area contributed by atoms with Gasteiger partial charge < -0.3 is 24.3 Å². The lowest BCUT2D eigenvalue weighted by Crippen LogP contribution is -2.63. The Hall–Kier alpha value is -3.48. The molecule has 0 spiro atoms. The maximum Gasteiger partial charge on any atom is 0.246 e. The highest BCUT2D eigenvalue weighted by Gasteiger charge is 2.48. The van der Waals surface area contributed by atoms with Crippen molar-refractivity contribution in [1.82, 2.24) is 14.8 Å². The van der Waals surface area contributed by atoms with Crippen molar-refractivity contribution < 1.29 is 19.1 Å². The third-order valence-electron chi connectivity index (χ3n) is 6.70. The van der Waals surface area contributed by atoms with Crippen LogP contribution in [0.15, 0.2) is 42.5 Å². The van der Waals surface area contributed by atoms with Crippen LogP contribution in [0.5, 0.6) is 11.5 Å². The third-order valence-corrected chi connectivity index (χ3v) is 6.70. The van der Waals surface area contributed by atoms with Crippen LogP contribution in [0.1, 0.15) is 50.1 Å². The summed E-state index contributed by atoms with van der Waals surface area (Å²) in [6, 6.07) is 13.0. The lowest BCUT2D eigenvalue weighted by Gasteiger charge is -2.47. The summed E-state index contributed by atoms with van der Waals surface area (Å²) in [5, 5.41) is 1.10. The van der Waals surface area contributed by atoms with Crippen molar-refractivity contribution >= 4 is 22.7 Å². The standard InChI is InChI=1S/C27H31N3O4/c1-5-12-29-15-24(31)30-21(27(29)32)14-19-18-8-6-7-9-20(18)28-25(19)26(30)17-10-11-22(34-16(2)3)23(13-17)33-4/h6-11,13,16,21,26,28H,5,12,14-15H2,1-4H3/t21-,26-/m0/s1. The molecule has 7 nitrogen and oxygen atoms in total. The Balaban J connectivity index is 1.67. The number of H-pyrrole nitrogens is 1. The Kier molecular flexibility index (Phi) is 5.71. The van der Waals surface area contributed by atoms with Crippen LogP contribution in [-0.2, 0) is 16.0 Å². The number of piperazine rings is 1. The van der Waals surface area contributed by atoms with E-state index in [0.29, 0.717) is 24.5 Å². The van der Waals surface area contributed by atoms with Gasteiger partial charge in [-0.15, -0.1) is 0 Å². The second-order valence-corrected chi connectivity index (χ2v) is 9.32. The number of para-hydroxylation sites is 1. The molecular formula is C27H31N3O4. The van der Waals surface area contributed by atoms with Gasteiger partial charge in [0.25, 0.3) is 0 Å². The van der Waals surface area contributed by atoms with E-state index in [0.717, 1.165) is 34.1 Å². The van der Waals surface area contributed by atoms with E-state index in [4.69, 9.17) is 9.47 Å². The predicted octanol–water partition coefficient (Wildman–Crippen LogP) is 4.06. The number of carbonyl (C=O) groups excluding carboxylic acids is 2. The first kappa shape index (κ1) is 22.3. The quantitative estimate of drug-likeness (QED) is 0.601. The van der Waals surface area contributed by atoms with Crippen molar-refractivity contribution in [2.75, 3.05) is 20.2 Å². The molecule has 0 radical (unpaired) electrons. The van der Waals surface area contributed by atoms with Crippen molar-refractivity contribution in [2.45, 2.75) is 51.8 Å². The number of nitrogens with zero attached hydrogens (tertiary/aromatic N) is 2. The zero-order valence-electron chi connectivity index (χ0n) is 20.1. The van der Waals surface area contributed by atoms with E-state index in [-0.39, 0.29) is 24.5 Å². The zero-order valence-corrected chi connectivity index (χ0v) is 20.1. The predicted molar refractivity (Wildman–Crippen MR) is 130 cm³/mol. The van der Waals surface area contributed by atoms with Gasteiger partial charge in [-0.25, -0.2) is 0 Å². The summed E-state index contributed by atoms with van der Waals surface area (Å²) in [5.41, 5.74) is 3.95. The lowest BCUT2D eigenvalue weighted by atomic mass is 9.86. The van der Waals surface area contributed by atoms with Crippen LogP contribution in [0.2, 0.25) is 0 Å². The van der Waals surface area contributed by atoms with Crippen LogP contribution in [0, 0.1) is 0 Å². The number of aromatic nitrogens is 1. The van der Waals surface area contributed by atoms with Gasteiger partial charge in [0, 0.05) is 29.6 Å². The molecule has 0 aliphatic carbocycles. The minimum atomic E-state index is -0.526. The average Bonchev–Trinajstić information content (AvgIpc) is 3.19.